The number of carbonyl (C=O) groups excluding carboxylic acids is 1. The summed E-state index contributed by atoms with van der Waals surface area (Å²) in [6.07, 6.45) is 2.88. The van der Waals surface area contributed by atoms with Crippen LogP contribution >= 0.6 is 0 Å². The van der Waals surface area contributed by atoms with Gasteiger partial charge >= 0.3 is 0 Å². The highest BCUT2D eigenvalue weighted by Gasteiger charge is 2.15. The summed E-state index contributed by atoms with van der Waals surface area (Å²) in [7, 11) is 0. The summed E-state index contributed by atoms with van der Waals surface area (Å²) in [6, 6.07) is 4.95. The Kier molecular flexibility index (Phi) is 2.81. The predicted molar refractivity (Wildman–Crippen MR) is 61.8 cm³/mol. The first-order valence-electron chi connectivity index (χ1n) is 5.46. The molecule has 3 aromatic heterocycles. The second-order valence-electron chi connectivity index (χ2n) is 3.67. The molecule has 0 unspecified atom stereocenters. The summed E-state index contributed by atoms with van der Waals surface area (Å²) in [5, 5.41) is 12.6. The molecular weight excluding hydrogens is 250 g/mol. The van der Waals surface area contributed by atoms with Crippen molar-refractivity contribution in [2.75, 3.05) is 0 Å². The first-order valence-corrected chi connectivity index (χ1v) is 5.46. The molecule has 96 valence electrons. The number of rotatable bonds is 4. The molecule has 0 saturated carbocycles. The van der Waals surface area contributed by atoms with Crippen LogP contribution in [0.1, 0.15) is 16.3 Å². The van der Waals surface area contributed by atoms with Crippen molar-refractivity contribution in [3.63, 3.8) is 0 Å². The van der Waals surface area contributed by atoms with Crippen molar-refractivity contribution in [3.05, 3.63) is 42.3 Å². The first-order chi connectivity index (χ1) is 9.33. The molecule has 0 aliphatic heterocycles. The molecule has 8 nitrogen and oxygen atoms in total. The van der Waals surface area contributed by atoms with Crippen molar-refractivity contribution in [3.8, 4) is 11.5 Å². The summed E-state index contributed by atoms with van der Waals surface area (Å²) in [5.41, 5.74) is 0.172. The molecule has 0 aromatic carbocycles. The fraction of sp³-hybridized carbons (Fsp3) is 0.0909. The summed E-state index contributed by atoms with van der Waals surface area (Å²) >= 11 is 0. The number of amides is 1. The van der Waals surface area contributed by atoms with Crippen LogP contribution in [0.2, 0.25) is 0 Å². The van der Waals surface area contributed by atoms with E-state index in [-0.39, 0.29) is 18.1 Å². The Bertz CT molecular complexity index is 656. The minimum Gasteiger partial charge on any atom is -0.461 e. The molecule has 19 heavy (non-hydrogen) atoms. The summed E-state index contributed by atoms with van der Waals surface area (Å²) in [6.45, 7) is 0.238. The van der Waals surface area contributed by atoms with Gasteiger partial charge in [0.05, 0.1) is 12.8 Å². The highest BCUT2D eigenvalue weighted by Crippen LogP contribution is 2.20. The average molecular weight is 259 g/mol. The predicted octanol–water partition coefficient (Wildman–Crippen LogP) is 0.983. The van der Waals surface area contributed by atoms with Crippen LogP contribution in [0.25, 0.3) is 11.5 Å². The van der Waals surface area contributed by atoms with E-state index in [1.807, 2.05) is 0 Å². The highest BCUT2D eigenvalue weighted by molar-refractivity contribution is 5.92. The quantitative estimate of drug-likeness (QED) is 0.722. The third kappa shape index (κ3) is 2.37. The Morgan fingerprint density at radius 3 is 3.11 bits per heavy atom. The van der Waals surface area contributed by atoms with E-state index in [0.29, 0.717) is 17.3 Å². The Morgan fingerprint density at radius 1 is 1.42 bits per heavy atom. The maximum Gasteiger partial charge on any atom is 0.273 e. The minimum atomic E-state index is -0.363. The van der Waals surface area contributed by atoms with E-state index in [1.54, 1.807) is 12.1 Å². The fourth-order valence-electron chi connectivity index (χ4n) is 1.49. The molecule has 0 fully saturated rings. The van der Waals surface area contributed by atoms with Gasteiger partial charge in [0.15, 0.2) is 11.5 Å². The van der Waals surface area contributed by atoms with Gasteiger partial charge in [-0.1, -0.05) is 5.16 Å². The van der Waals surface area contributed by atoms with Crippen molar-refractivity contribution < 1.29 is 13.7 Å². The van der Waals surface area contributed by atoms with E-state index >= 15 is 0 Å². The molecule has 0 bridgehead atoms. The minimum absolute atomic E-state index is 0.172. The molecule has 0 aliphatic carbocycles. The Hall–Kier alpha value is -2.90. The Labute approximate surface area is 106 Å². The number of nitrogens with zero attached hydrogens (tertiary/aromatic N) is 3. The standard InChI is InChI=1S/C11H9N5O3/c17-11(12-5-10-13-6-14-15-10)7-4-9(19-16-7)8-2-1-3-18-8/h1-4,6H,5H2,(H,12,17)(H,13,14,15). The van der Waals surface area contributed by atoms with E-state index in [9.17, 15) is 4.79 Å². The summed E-state index contributed by atoms with van der Waals surface area (Å²) in [5.74, 6) is 1.11. The number of nitrogens with one attached hydrogen (secondary N) is 2. The van der Waals surface area contributed by atoms with Crippen molar-refractivity contribution in [2.24, 2.45) is 0 Å². The lowest BCUT2D eigenvalue weighted by Gasteiger charge is -1.97. The van der Waals surface area contributed by atoms with Gasteiger partial charge in [0.25, 0.3) is 5.91 Å². The number of carbonyl (C=O) groups is 1. The van der Waals surface area contributed by atoms with Crippen LogP contribution < -0.4 is 5.32 Å². The molecule has 3 rings (SSSR count). The van der Waals surface area contributed by atoms with E-state index < -0.39 is 0 Å². The number of aromatic amines is 1. The van der Waals surface area contributed by atoms with Crippen LogP contribution in [0.3, 0.4) is 0 Å². The van der Waals surface area contributed by atoms with Crippen LogP contribution in [-0.2, 0) is 6.54 Å². The zero-order valence-corrected chi connectivity index (χ0v) is 9.66. The van der Waals surface area contributed by atoms with E-state index in [0.717, 1.165) is 0 Å². The van der Waals surface area contributed by atoms with Gasteiger partial charge in [-0.2, -0.15) is 5.10 Å². The van der Waals surface area contributed by atoms with Crippen LogP contribution in [0.15, 0.2) is 39.7 Å². The lowest BCUT2D eigenvalue weighted by atomic mass is 10.3. The van der Waals surface area contributed by atoms with Gasteiger partial charge in [-0.25, -0.2) is 4.98 Å². The van der Waals surface area contributed by atoms with Crippen LogP contribution in [0, 0.1) is 0 Å². The molecule has 0 aliphatic rings. The first kappa shape index (κ1) is 11.2. The number of H-pyrrole nitrogens is 1. The van der Waals surface area contributed by atoms with Gasteiger partial charge in [0, 0.05) is 6.07 Å². The molecule has 3 heterocycles. The Morgan fingerprint density at radius 2 is 2.37 bits per heavy atom. The molecule has 8 heteroatoms. The van der Waals surface area contributed by atoms with Crippen molar-refractivity contribution in [1.82, 2.24) is 25.7 Å². The van der Waals surface area contributed by atoms with Crippen LogP contribution in [0.4, 0.5) is 0 Å². The molecule has 0 atom stereocenters. The smallest absolute Gasteiger partial charge is 0.273 e. The Balaban J connectivity index is 1.67. The molecule has 0 spiro atoms. The fourth-order valence-corrected chi connectivity index (χ4v) is 1.49. The monoisotopic (exact) mass is 259 g/mol. The maximum atomic E-state index is 11.8. The lowest BCUT2D eigenvalue weighted by Crippen LogP contribution is -2.23. The highest BCUT2D eigenvalue weighted by atomic mass is 16.5. The zero-order chi connectivity index (χ0) is 13.1. The van der Waals surface area contributed by atoms with Crippen molar-refractivity contribution in [1.29, 1.82) is 0 Å². The topological polar surface area (TPSA) is 110 Å². The molecule has 3 aromatic rings. The SMILES string of the molecule is O=C(NCc1ncn[nH]1)c1cc(-c2ccco2)on1. The zero-order valence-electron chi connectivity index (χ0n) is 9.66. The van der Waals surface area contributed by atoms with E-state index in [2.05, 4.69) is 25.7 Å². The summed E-state index contributed by atoms with van der Waals surface area (Å²) in [4.78, 5) is 15.7. The third-order valence-electron chi connectivity index (χ3n) is 2.39. The molecular formula is C11H9N5O3. The van der Waals surface area contributed by atoms with Gasteiger partial charge in [-0.3, -0.25) is 9.89 Å². The van der Waals surface area contributed by atoms with E-state index in [4.69, 9.17) is 8.94 Å². The molecule has 2 N–H and O–H groups in total. The maximum absolute atomic E-state index is 11.8. The molecule has 1 amide bonds. The molecule has 0 radical (unpaired) electrons. The van der Waals surface area contributed by atoms with Gasteiger partial charge in [-0.15, -0.1) is 0 Å². The lowest BCUT2D eigenvalue weighted by molar-refractivity contribution is 0.0941. The van der Waals surface area contributed by atoms with Crippen molar-refractivity contribution in [2.45, 2.75) is 6.54 Å². The number of hydrogen-bond donors (Lipinski definition) is 2. The number of aromatic nitrogens is 4. The van der Waals surface area contributed by atoms with Gasteiger partial charge in [0.1, 0.15) is 12.2 Å². The van der Waals surface area contributed by atoms with Crippen LogP contribution in [-0.4, -0.2) is 26.2 Å². The normalized spacial score (nSPS) is 10.5. The number of furan rings is 1. The molecule has 0 saturated heterocycles. The second-order valence-corrected chi connectivity index (χ2v) is 3.67. The second kappa shape index (κ2) is 4.77. The van der Waals surface area contributed by atoms with Crippen molar-refractivity contribution >= 4 is 5.91 Å². The van der Waals surface area contributed by atoms with Gasteiger partial charge in [-0.05, 0) is 12.1 Å². The van der Waals surface area contributed by atoms with Crippen LogP contribution in [0.5, 0.6) is 0 Å². The largest absolute Gasteiger partial charge is 0.461 e. The third-order valence-corrected chi connectivity index (χ3v) is 2.39. The van der Waals surface area contributed by atoms with E-state index in [1.165, 1.54) is 18.7 Å². The van der Waals surface area contributed by atoms with Gasteiger partial charge in [0.2, 0.25) is 5.76 Å². The number of hydrogen-bond acceptors (Lipinski definition) is 6. The van der Waals surface area contributed by atoms with Gasteiger partial charge < -0.3 is 14.3 Å². The average Bonchev–Trinajstić information content (AvgIpc) is 3.14. The summed E-state index contributed by atoms with van der Waals surface area (Å²) < 4.78 is 10.2.